The molecule has 9 N–H and O–H groups in total. The summed E-state index contributed by atoms with van der Waals surface area (Å²) < 4.78 is 22.5. The maximum atomic E-state index is 12.8. The van der Waals surface area contributed by atoms with Crippen LogP contribution in [0.4, 0.5) is 0 Å². The smallest absolute Gasteiger partial charge is 0.220 e. The zero-order valence-corrected chi connectivity index (χ0v) is 36.8. The topological polar surface area (TPSA) is 228 Å². The minimum absolute atomic E-state index is 0.230. The van der Waals surface area contributed by atoms with E-state index in [-0.39, 0.29) is 12.5 Å². The van der Waals surface area contributed by atoms with E-state index in [2.05, 4.69) is 12.2 Å². The molecular formula is C45H87NO13. The van der Waals surface area contributed by atoms with Gasteiger partial charge in [0.2, 0.25) is 5.91 Å². The summed E-state index contributed by atoms with van der Waals surface area (Å²) in [5.41, 5.74) is 0. The summed E-state index contributed by atoms with van der Waals surface area (Å²) in [7, 11) is 0. The quantitative estimate of drug-likeness (QED) is 0.0377. The van der Waals surface area contributed by atoms with Crippen LogP contribution in [-0.2, 0) is 23.7 Å². The lowest BCUT2D eigenvalue weighted by molar-refractivity contribution is -0.359. The first-order valence-corrected chi connectivity index (χ1v) is 23.8. The molecule has 2 heterocycles. The van der Waals surface area contributed by atoms with Crippen LogP contribution in [0.1, 0.15) is 187 Å². The summed E-state index contributed by atoms with van der Waals surface area (Å²) in [5, 5.41) is 86.1. The van der Waals surface area contributed by atoms with Gasteiger partial charge in [-0.15, -0.1) is 0 Å². The van der Waals surface area contributed by atoms with E-state index in [4.69, 9.17) is 18.9 Å². The van der Waals surface area contributed by atoms with Gasteiger partial charge in [0.25, 0.3) is 0 Å². The molecule has 14 heteroatoms. The van der Waals surface area contributed by atoms with Crippen LogP contribution in [0.25, 0.3) is 0 Å². The Labute approximate surface area is 355 Å². The largest absolute Gasteiger partial charge is 0.394 e. The van der Waals surface area contributed by atoms with Crippen LogP contribution in [0.3, 0.4) is 0 Å². The highest BCUT2D eigenvalue weighted by Gasteiger charge is 2.51. The molecule has 14 nitrogen and oxygen atoms in total. The van der Waals surface area contributed by atoms with Crippen LogP contribution in [0, 0.1) is 0 Å². The first kappa shape index (κ1) is 54.1. The average molecular weight is 850 g/mol. The molecule has 0 aromatic rings. The first-order valence-electron chi connectivity index (χ1n) is 23.8. The number of carbonyl (C=O) groups excluding carboxylic acids is 1. The van der Waals surface area contributed by atoms with Gasteiger partial charge in [0, 0.05) is 6.42 Å². The number of nitrogens with one attached hydrogen (secondary N) is 1. The Morgan fingerprint density at radius 1 is 0.542 bits per heavy atom. The third-order valence-electron chi connectivity index (χ3n) is 12.1. The Kier molecular flexibility index (Phi) is 30.8. The maximum absolute atomic E-state index is 12.8. The number of hydrogen-bond donors (Lipinski definition) is 9. The number of amides is 1. The Hall–Kier alpha value is -1.01. The van der Waals surface area contributed by atoms with Crippen LogP contribution in [0.5, 0.6) is 0 Å². The van der Waals surface area contributed by atoms with Crippen LogP contribution in [0.15, 0.2) is 0 Å². The molecule has 0 bridgehead atoms. The summed E-state index contributed by atoms with van der Waals surface area (Å²) in [6.07, 6.45) is 15.1. The SMILES string of the molecule is CCCCCCCCCCCCCCCCCCCCCCCCC(O)C(COC1OC(CO)C(OC2OC(CO)C(O)C(O)C2O)C(O)C1O)NC(=O)CCCCC. The number of carbonyl (C=O) groups is 1. The van der Waals surface area contributed by atoms with Gasteiger partial charge < -0.3 is 65.1 Å². The average Bonchev–Trinajstić information content (AvgIpc) is 3.23. The molecule has 2 fully saturated rings. The maximum Gasteiger partial charge on any atom is 0.220 e. The first-order chi connectivity index (χ1) is 28.6. The standard InChI is InChI=1S/C45H87NO13/c1-3-5-7-8-9-10-11-12-13-14-15-16-17-18-19-20-21-22-23-24-25-27-28-34(49)33(46-37(50)29-26-6-4-2)32-56-44-42(55)40(53)43(36(31-48)58-44)59-45-41(54)39(52)38(51)35(30-47)57-45/h33-36,38-45,47-49,51-55H,3-32H2,1-2H3,(H,46,50). The molecule has 0 aromatic carbocycles. The van der Waals surface area contributed by atoms with E-state index in [1.807, 2.05) is 6.92 Å². The lowest BCUT2D eigenvalue weighted by atomic mass is 9.97. The van der Waals surface area contributed by atoms with Gasteiger partial charge in [0.1, 0.15) is 48.8 Å². The van der Waals surface area contributed by atoms with Crippen molar-refractivity contribution in [1.82, 2.24) is 5.32 Å². The van der Waals surface area contributed by atoms with Crippen LogP contribution < -0.4 is 5.32 Å². The van der Waals surface area contributed by atoms with Crippen molar-refractivity contribution in [2.75, 3.05) is 19.8 Å². The Morgan fingerprint density at radius 3 is 1.44 bits per heavy atom. The number of hydrogen-bond acceptors (Lipinski definition) is 13. The summed E-state index contributed by atoms with van der Waals surface area (Å²) in [5.74, 6) is -0.230. The lowest BCUT2D eigenvalue weighted by Crippen LogP contribution is -2.65. The fourth-order valence-corrected chi connectivity index (χ4v) is 8.12. The Balaban J connectivity index is 1.68. The number of ether oxygens (including phenoxy) is 4. The van der Waals surface area contributed by atoms with Crippen molar-refractivity contribution in [3.05, 3.63) is 0 Å². The third kappa shape index (κ3) is 21.8. The monoisotopic (exact) mass is 850 g/mol. The molecule has 0 spiro atoms. The fourth-order valence-electron chi connectivity index (χ4n) is 8.12. The second kappa shape index (κ2) is 33.5. The van der Waals surface area contributed by atoms with Gasteiger partial charge in [-0.3, -0.25) is 4.79 Å². The highest BCUT2D eigenvalue weighted by Crippen LogP contribution is 2.30. The van der Waals surface area contributed by atoms with Gasteiger partial charge in [0.15, 0.2) is 12.6 Å². The van der Waals surface area contributed by atoms with Crippen molar-refractivity contribution < 1.29 is 64.6 Å². The third-order valence-corrected chi connectivity index (χ3v) is 12.1. The van der Waals surface area contributed by atoms with E-state index in [1.54, 1.807) is 0 Å². The summed E-state index contributed by atoms with van der Waals surface area (Å²) in [6.45, 7) is 2.67. The summed E-state index contributed by atoms with van der Waals surface area (Å²) >= 11 is 0. The second-order valence-electron chi connectivity index (χ2n) is 17.2. The minimum atomic E-state index is -1.78. The zero-order chi connectivity index (χ0) is 43.3. The molecule has 0 aliphatic carbocycles. The Morgan fingerprint density at radius 2 is 0.966 bits per heavy atom. The normalized spacial score (nSPS) is 28.4. The summed E-state index contributed by atoms with van der Waals surface area (Å²) in [4.78, 5) is 12.8. The molecule has 2 saturated heterocycles. The highest BCUT2D eigenvalue weighted by atomic mass is 16.7. The lowest BCUT2D eigenvalue weighted by Gasteiger charge is -2.46. The number of unbranched alkanes of at least 4 members (excludes halogenated alkanes) is 23. The molecule has 350 valence electrons. The molecular weight excluding hydrogens is 762 g/mol. The van der Waals surface area contributed by atoms with Crippen LogP contribution >= 0.6 is 0 Å². The Bertz CT molecular complexity index is 1010. The minimum Gasteiger partial charge on any atom is -0.394 e. The van der Waals surface area contributed by atoms with Crippen molar-refractivity contribution in [2.24, 2.45) is 0 Å². The number of aliphatic hydroxyl groups is 8. The molecule has 2 rings (SSSR count). The van der Waals surface area contributed by atoms with Gasteiger partial charge >= 0.3 is 0 Å². The van der Waals surface area contributed by atoms with Crippen LogP contribution in [-0.4, -0.2) is 140 Å². The van der Waals surface area contributed by atoms with Crippen molar-refractivity contribution in [1.29, 1.82) is 0 Å². The fraction of sp³-hybridized carbons (Fsp3) is 0.978. The van der Waals surface area contributed by atoms with Gasteiger partial charge in [0.05, 0.1) is 32.0 Å². The molecule has 0 radical (unpaired) electrons. The van der Waals surface area contributed by atoms with Gasteiger partial charge in [-0.1, -0.05) is 168 Å². The van der Waals surface area contributed by atoms with Crippen molar-refractivity contribution in [3.63, 3.8) is 0 Å². The van der Waals surface area contributed by atoms with E-state index >= 15 is 0 Å². The van der Waals surface area contributed by atoms with Gasteiger partial charge in [-0.05, 0) is 12.8 Å². The van der Waals surface area contributed by atoms with Gasteiger partial charge in [-0.2, -0.15) is 0 Å². The molecule has 1 amide bonds. The number of aliphatic hydroxyl groups excluding tert-OH is 8. The molecule has 0 aromatic heterocycles. The molecule has 12 unspecified atom stereocenters. The summed E-state index contributed by atoms with van der Waals surface area (Å²) in [6, 6.07) is -0.817. The number of rotatable bonds is 36. The van der Waals surface area contributed by atoms with Crippen molar-refractivity contribution in [2.45, 2.75) is 261 Å². The molecule has 59 heavy (non-hydrogen) atoms. The van der Waals surface area contributed by atoms with E-state index in [0.29, 0.717) is 19.3 Å². The van der Waals surface area contributed by atoms with E-state index in [9.17, 15) is 45.6 Å². The molecule has 2 aliphatic rings. The molecule has 0 saturated carbocycles. The highest BCUT2D eigenvalue weighted by molar-refractivity contribution is 5.76. The van der Waals surface area contributed by atoms with Crippen LogP contribution in [0.2, 0.25) is 0 Å². The zero-order valence-electron chi connectivity index (χ0n) is 36.8. The second-order valence-corrected chi connectivity index (χ2v) is 17.2. The molecule has 2 aliphatic heterocycles. The molecule has 12 atom stereocenters. The van der Waals surface area contributed by atoms with E-state index < -0.39 is 86.8 Å². The predicted octanol–water partition coefficient (Wildman–Crippen LogP) is 5.05. The van der Waals surface area contributed by atoms with E-state index in [0.717, 1.165) is 38.5 Å². The van der Waals surface area contributed by atoms with Crippen molar-refractivity contribution in [3.8, 4) is 0 Å². The van der Waals surface area contributed by atoms with Gasteiger partial charge in [-0.25, -0.2) is 0 Å². The van der Waals surface area contributed by atoms with E-state index in [1.165, 1.54) is 116 Å². The predicted molar refractivity (Wildman–Crippen MR) is 226 cm³/mol. The van der Waals surface area contributed by atoms with Crippen molar-refractivity contribution >= 4 is 5.91 Å².